The molecule has 1 aliphatic heterocycles. The minimum absolute atomic E-state index is 0.000230. The van der Waals surface area contributed by atoms with E-state index in [1.165, 1.54) is 0 Å². The monoisotopic (exact) mass is 268 g/mol. The van der Waals surface area contributed by atoms with Gasteiger partial charge in [0.15, 0.2) is 0 Å². The van der Waals surface area contributed by atoms with Gasteiger partial charge in [-0.3, -0.25) is 4.79 Å². The van der Waals surface area contributed by atoms with E-state index in [1.54, 1.807) is 11.0 Å². The van der Waals surface area contributed by atoms with E-state index in [9.17, 15) is 4.79 Å². The Labute approximate surface area is 112 Å². The molecule has 2 rings (SSSR count). The molecule has 1 aromatic carbocycles. The highest BCUT2D eigenvalue weighted by atomic mass is 35.5. The Hall–Kier alpha value is -1.10. The third kappa shape index (κ3) is 2.83. The first-order valence-corrected chi connectivity index (χ1v) is 6.52. The highest BCUT2D eigenvalue weighted by Crippen LogP contribution is 2.26. The molecule has 0 aromatic heterocycles. The number of nitrogens with one attached hydrogen (secondary N) is 1. The van der Waals surface area contributed by atoms with Crippen molar-refractivity contribution in [3.05, 3.63) is 29.3 Å². The van der Waals surface area contributed by atoms with Crippen molar-refractivity contribution in [3.8, 4) is 0 Å². The van der Waals surface area contributed by atoms with Crippen molar-refractivity contribution in [2.24, 2.45) is 0 Å². The summed E-state index contributed by atoms with van der Waals surface area (Å²) in [6, 6.07) is 7.02. The van der Waals surface area contributed by atoms with Crippen LogP contribution in [0.25, 0.3) is 0 Å². The number of aliphatic hydroxyl groups excluding tert-OH is 1. The molecule has 1 aromatic rings. The molecule has 18 heavy (non-hydrogen) atoms. The lowest BCUT2D eigenvalue weighted by Gasteiger charge is -2.25. The van der Waals surface area contributed by atoms with Crippen molar-refractivity contribution in [2.45, 2.75) is 18.9 Å². The zero-order valence-corrected chi connectivity index (χ0v) is 10.9. The standard InChI is InChI=1S/C13H17ClN2O2/c14-10-4-1-2-5-12(10)16-8-3-7-15-11(6-9-17)13(16)18/h1-2,4-5,11,15,17H,3,6-9H2. The lowest BCUT2D eigenvalue weighted by Crippen LogP contribution is -2.44. The van der Waals surface area contributed by atoms with Gasteiger partial charge in [0.25, 0.3) is 0 Å². The van der Waals surface area contributed by atoms with Gasteiger partial charge in [-0.15, -0.1) is 0 Å². The number of nitrogens with zero attached hydrogens (tertiary/aromatic N) is 1. The molecule has 5 heteroatoms. The Morgan fingerprint density at radius 1 is 1.44 bits per heavy atom. The first kappa shape index (κ1) is 13.3. The summed E-state index contributed by atoms with van der Waals surface area (Å²) in [4.78, 5) is 14.1. The van der Waals surface area contributed by atoms with Crippen LogP contribution in [-0.2, 0) is 4.79 Å². The van der Waals surface area contributed by atoms with Gasteiger partial charge in [-0.2, -0.15) is 0 Å². The maximum atomic E-state index is 12.4. The van der Waals surface area contributed by atoms with Crippen LogP contribution in [0.5, 0.6) is 0 Å². The number of benzene rings is 1. The first-order chi connectivity index (χ1) is 8.74. The number of hydrogen-bond acceptors (Lipinski definition) is 3. The van der Waals surface area contributed by atoms with E-state index >= 15 is 0 Å². The van der Waals surface area contributed by atoms with Gasteiger partial charge in [0.05, 0.1) is 16.8 Å². The summed E-state index contributed by atoms with van der Waals surface area (Å²) in [5.74, 6) is -0.0188. The Balaban J connectivity index is 2.25. The highest BCUT2D eigenvalue weighted by Gasteiger charge is 2.27. The minimum Gasteiger partial charge on any atom is -0.396 e. The zero-order valence-electron chi connectivity index (χ0n) is 10.1. The van der Waals surface area contributed by atoms with Crippen molar-refractivity contribution in [2.75, 3.05) is 24.6 Å². The number of amides is 1. The Morgan fingerprint density at radius 2 is 2.22 bits per heavy atom. The van der Waals surface area contributed by atoms with E-state index in [-0.39, 0.29) is 18.6 Å². The molecule has 1 saturated heterocycles. The van der Waals surface area contributed by atoms with E-state index < -0.39 is 0 Å². The van der Waals surface area contributed by atoms with Crippen LogP contribution in [0.3, 0.4) is 0 Å². The molecule has 0 bridgehead atoms. The van der Waals surface area contributed by atoms with Gasteiger partial charge in [-0.25, -0.2) is 0 Å². The van der Waals surface area contributed by atoms with Gasteiger partial charge in [-0.1, -0.05) is 23.7 Å². The van der Waals surface area contributed by atoms with Gasteiger partial charge >= 0.3 is 0 Å². The smallest absolute Gasteiger partial charge is 0.244 e. The molecule has 0 saturated carbocycles. The Kier molecular flexibility index (Phi) is 4.58. The average Bonchev–Trinajstić information content (AvgIpc) is 2.54. The fourth-order valence-corrected chi connectivity index (χ4v) is 2.40. The van der Waals surface area contributed by atoms with Crippen molar-refractivity contribution in [3.63, 3.8) is 0 Å². The number of rotatable bonds is 3. The second-order valence-electron chi connectivity index (χ2n) is 4.31. The van der Waals surface area contributed by atoms with Gasteiger partial charge in [-0.05, 0) is 31.5 Å². The highest BCUT2D eigenvalue weighted by molar-refractivity contribution is 6.33. The second kappa shape index (κ2) is 6.18. The third-order valence-electron chi connectivity index (χ3n) is 3.07. The molecule has 1 unspecified atom stereocenters. The van der Waals surface area contributed by atoms with E-state index in [4.69, 9.17) is 16.7 Å². The van der Waals surface area contributed by atoms with Gasteiger partial charge < -0.3 is 15.3 Å². The lowest BCUT2D eigenvalue weighted by atomic mass is 10.1. The Morgan fingerprint density at radius 3 is 2.94 bits per heavy atom. The molecule has 1 amide bonds. The number of para-hydroxylation sites is 1. The molecule has 1 fully saturated rings. The molecule has 0 radical (unpaired) electrons. The van der Waals surface area contributed by atoms with Crippen LogP contribution in [0, 0.1) is 0 Å². The Bertz CT molecular complexity index is 425. The van der Waals surface area contributed by atoms with Gasteiger partial charge in [0.2, 0.25) is 5.91 Å². The van der Waals surface area contributed by atoms with Crippen molar-refractivity contribution >= 4 is 23.2 Å². The van der Waals surface area contributed by atoms with Gasteiger partial charge in [0.1, 0.15) is 0 Å². The zero-order chi connectivity index (χ0) is 13.0. The normalized spacial score (nSPS) is 20.9. The molecule has 98 valence electrons. The second-order valence-corrected chi connectivity index (χ2v) is 4.72. The molecule has 2 N–H and O–H groups in total. The fraction of sp³-hybridized carbons (Fsp3) is 0.462. The summed E-state index contributed by atoms with van der Waals surface area (Å²) < 4.78 is 0. The number of aliphatic hydroxyl groups is 1. The van der Waals surface area contributed by atoms with Crippen molar-refractivity contribution < 1.29 is 9.90 Å². The van der Waals surface area contributed by atoms with Crippen molar-refractivity contribution in [1.29, 1.82) is 0 Å². The SMILES string of the molecule is O=C1C(CCO)NCCCN1c1ccccc1Cl. The molecule has 4 nitrogen and oxygen atoms in total. The van der Waals surface area contributed by atoms with Crippen LogP contribution in [-0.4, -0.2) is 36.8 Å². The van der Waals surface area contributed by atoms with Crippen LogP contribution in [0.2, 0.25) is 5.02 Å². The van der Waals surface area contributed by atoms with Crippen LogP contribution in [0.4, 0.5) is 5.69 Å². The molecule has 0 aliphatic carbocycles. The average molecular weight is 269 g/mol. The summed E-state index contributed by atoms with van der Waals surface area (Å²) in [6.07, 6.45) is 1.30. The predicted octanol–water partition coefficient (Wildman–Crippen LogP) is 1.42. The number of anilines is 1. The molecule has 1 aliphatic rings. The quantitative estimate of drug-likeness (QED) is 0.872. The minimum atomic E-state index is -0.325. The van der Waals surface area contributed by atoms with E-state index in [1.807, 2.05) is 18.2 Å². The van der Waals surface area contributed by atoms with Crippen LogP contribution in [0.1, 0.15) is 12.8 Å². The van der Waals surface area contributed by atoms with E-state index in [2.05, 4.69) is 5.32 Å². The van der Waals surface area contributed by atoms with E-state index in [0.29, 0.717) is 18.0 Å². The first-order valence-electron chi connectivity index (χ1n) is 6.14. The lowest BCUT2D eigenvalue weighted by molar-refractivity contribution is -0.120. The molecular weight excluding hydrogens is 252 g/mol. The fourth-order valence-electron chi connectivity index (χ4n) is 2.16. The number of halogens is 1. The molecule has 1 heterocycles. The molecule has 0 spiro atoms. The summed E-state index contributed by atoms with van der Waals surface area (Å²) in [7, 11) is 0. The predicted molar refractivity (Wildman–Crippen MR) is 71.9 cm³/mol. The van der Waals surface area contributed by atoms with Crippen LogP contribution >= 0.6 is 11.6 Å². The summed E-state index contributed by atoms with van der Waals surface area (Å²) in [5, 5.41) is 12.7. The number of carbonyl (C=O) groups excluding carboxylic acids is 1. The summed E-state index contributed by atoms with van der Waals surface area (Å²) in [5.41, 5.74) is 0.746. The van der Waals surface area contributed by atoms with Crippen molar-refractivity contribution in [1.82, 2.24) is 5.32 Å². The number of carbonyl (C=O) groups is 1. The maximum Gasteiger partial charge on any atom is 0.244 e. The summed E-state index contributed by atoms with van der Waals surface area (Å²) in [6.45, 7) is 1.43. The van der Waals surface area contributed by atoms with Crippen LogP contribution in [0.15, 0.2) is 24.3 Å². The van der Waals surface area contributed by atoms with Gasteiger partial charge in [0, 0.05) is 13.2 Å². The summed E-state index contributed by atoms with van der Waals surface area (Å²) >= 11 is 6.14. The third-order valence-corrected chi connectivity index (χ3v) is 3.39. The largest absolute Gasteiger partial charge is 0.396 e. The molecule has 1 atom stereocenters. The van der Waals surface area contributed by atoms with E-state index in [0.717, 1.165) is 18.7 Å². The molecular formula is C13H17ClN2O2. The number of hydrogen-bond donors (Lipinski definition) is 2. The van der Waals surface area contributed by atoms with Crippen LogP contribution < -0.4 is 10.2 Å². The maximum absolute atomic E-state index is 12.4. The topological polar surface area (TPSA) is 52.6 Å².